The van der Waals surface area contributed by atoms with Crippen molar-refractivity contribution in [2.24, 2.45) is 0 Å². The second kappa shape index (κ2) is 7.84. The maximum atomic E-state index is 11.8. The van der Waals surface area contributed by atoms with Crippen LogP contribution in [0.3, 0.4) is 0 Å². The average Bonchev–Trinajstić information content (AvgIpc) is 2.56. The number of ether oxygens (including phenoxy) is 1. The third kappa shape index (κ3) is 5.35. The summed E-state index contributed by atoms with van der Waals surface area (Å²) in [6.45, 7) is 1.84. The van der Waals surface area contributed by atoms with Crippen molar-refractivity contribution in [1.29, 1.82) is 0 Å². The molecule has 0 spiro atoms. The average molecular weight is 313 g/mol. The van der Waals surface area contributed by atoms with Gasteiger partial charge in [-0.15, -0.1) is 0 Å². The first kappa shape index (κ1) is 16.4. The van der Waals surface area contributed by atoms with E-state index in [2.05, 4.69) is 16.0 Å². The monoisotopic (exact) mass is 313 g/mol. The molecule has 23 heavy (non-hydrogen) atoms. The Hall–Kier alpha value is -3.02. The van der Waals surface area contributed by atoms with Crippen LogP contribution < -0.4 is 20.7 Å². The van der Waals surface area contributed by atoms with Gasteiger partial charge in [0.15, 0.2) is 0 Å². The van der Waals surface area contributed by atoms with Gasteiger partial charge >= 0.3 is 6.03 Å². The summed E-state index contributed by atoms with van der Waals surface area (Å²) in [5.74, 6) is 0.396. The topological polar surface area (TPSA) is 79.5 Å². The van der Waals surface area contributed by atoms with E-state index in [4.69, 9.17) is 4.74 Å². The van der Waals surface area contributed by atoms with Crippen LogP contribution in [0.4, 0.5) is 16.2 Å². The van der Waals surface area contributed by atoms with Crippen molar-refractivity contribution < 1.29 is 14.3 Å². The lowest BCUT2D eigenvalue weighted by Crippen LogP contribution is -2.35. The van der Waals surface area contributed by atoms with Crippen LogP contribution in [0.1, 0.15) is 5.56 Å². The van der Waals surface area contributed by atoms with Crippen molar-refractivity contribution in [3.05, 3.63) is 54.1 Å². The second-order valence-corrected chi connectivity index (χ2v) is 4.95. The highest BCUT2D eigenvalue weighted by molar-refractivity contribution is 5.96. The fourth-order valence-electron chi connectivity index (χ4n) is 1.85. The first-order valence-electron chi connectivity index (χ1n) is 7.12. The van der Waals surface area contributed by atoms with Crippen molar-refractivity contribution in [3.63, 3.8) is 0 Å². The Morgan fingerprint density at radius 2 is 1.48 bits per heavy atom. The Morgan fingerprint density at radius 3 is 2.09 bits per heavy atom. The summed E-state index contributed by atoms with van der Waals surface area (Å²) < 4.78 is 5.04. The number of urea groups is 1. The Morgan fingerprint density at radius 1 is 0.913 bits per heavy atom. The first-order chi connectivity index (χ1) is 11.1. The number of nitrogens with one attached hydrogen (secondary N) is 3. The van der Waals surface area contributed by atoms with Crippen molar-refractivity contribution in [2.75, 3.05) is 24.3 Å². The van der Waals surface area contributed by atoms with Gasteiger partial charge in [0.05, 0.1) is 13.7 Å². The molecule has 0 aliphatic rings. The van der Waals surface area contributed by atoms with Gasteiger partial charge < -0.3 is 20.7 Å². The van der Waals surface area contributed by atoms with Gasteiger partial charge in [0.25, 0.3) is 0 Å². The number of methoxy groups -OCH3 is 1. The summed E-state index contributed by atoms with van der Waals surface area (Å²) in [5.41, 5.74) is 2.41. The number of anilines is 2. The van der Waals surface area contributed by atoms with Gasteiger partial charge in [0.2, 0.25) is 5.91 Å². The molecule has 0 aromatic heterocycles. The Kier molecular flexibility index (Phi) is 5.57. The zero-order valence-corrected chi connectivity index (χ0v) is 13.1. The molecule has 0 saturated carbocycles. The van der Waals surface area contributed by atoms with Gasteiger partial charge in [-0.25, -0.2) is 4.79 Å². The predicted octanol–water partition coefficient (Wildman–Crippen LogP) is 2.76. The summed E-state index contributed by atoms with van der Waals surface area (Å²) >= 11 is 0. The number of hydrogen-bond acceptors (Lipinski definition) is 3. The van der Waals surface area contributed by atoms with E-state index in [1.807, 2.05) is 19.1 Å². The molecule has 0 unspecified atom stereocenters. The van der Waals surface area contributed by atoms with Crippen molar-refractivity contribution in [2.45, 2.75) is 6.92 Å². The lowest BCUT2D eigenvalue weighted by atomic mass is 10.2. The van der Waals surface area contributed by atoms with E-state index in [0.29, 0.717) is 17.1 Å². The minimum atomic E-state index is -0.432. The zero-order valence-electron chi connectivity index (χ0n) is 13.1. The van der Waals surface area contributed by atoms with Crippen molar-refractivity contribution >= 4 is 23.3 Å². The summed E-state index contributed by atoms with van der Waals surface area (Å²) in [5, 5.41) is 7.84. The number of benzene rings is 2. The van der Waals surface area contributed by atoms with E-state index in [0.717, 1.165) is 5.56 Å². The quantitative estimate of drug-likeness (QED) is 0.794. The summed E-state index contributed by atoms with van der Waals surface area (Å²) in [4.78, 5) is 23.5. The van der Waals surface area contributed by atoms with Crippen LogP contribution in [0.15, 0.2) is 48.5 Å². The molecule has 0 bridgehead atoms. The van der Waals surface area contributed by atoms with Crippen molar-refractivity contribution in [1.82, 2.24) is 5.32 Å². The van der Waals surface area contributed by atoms with Gasteiger partial charge in [-0.1, -0.05) is 17.7 Å². The highest BCUT2D eigenvalue weighted by atomic mass is 16.5. The van der Waals surface area contributed by atoms with E-state index < -0.39 is 6.03 Å². The van der Waals surface area contributed by atoms with Crippen molar-refractivity contribution in [3.8, 4) is 5.75 Å². The number of rotatable bonds is 5. The molecule has 0 aliphatic heterocycles. The number of aryl methyl sites for hydroxylation is 1. The molecule has 3 N–H and O–H groups in total. The van der Waals surface area contributed by atoms with Gasteiger partial charge in [-0.2, -0.15) is 0 Å². The van der Waals surface area contributed by atoms with E-state index in [9.17, 15) is 9.59 Å². The molecule has 6 nitrogen and oxygen atoms in total. The molecule has 0 saturated heterocycles. The lowest BCUT2D eigenvalue weighted by Gasteiger charge is -2.09. The largest absolute Gasteiger partial charge is 0.497 e. The first-order valence-corrected chi connectivity index (χ1v) is 7.12. The van der Waals surface area contributed by atoms with Crippen LogP contribution in [0.2, 0.25) is 0 Å². The number of amides is 3. The smallest absolute Gasteiger partial charge is 0.319 e. The SMILES string of the molecule is COc1ccc(NC(=O)CNC(=O)Nc2ccc(C)cc2)cc1. The van der Waals surface area contributed by atoms with E-state index >= 15 is 0 Å². The zero-order chi connectivity index (χ0) is 16.7. The van der Waals surface area contributed by atoms with Crippen LogP contribution in [-0.2, 0) is 4.79 Å². The standard InChI is InChI=1S/C17H19N3O3/c1-12-3-5-14(6-4-12)20-17(22)18-11-16(21)19-13-7-9-15(23-2)10-8-13/h3-10H,11H2,1-2H3,(H,19,21)(H2,18,20,22). The molecule has 120 valence electrons. The summed E-state index contributed by atoms with van der Waals surface area (Å²) in [6, 6.07) is 13.9. The fraction of sp³-hybridized carbons (Fsp3) is 0.176. The second-order valence-electron chi connectivity index (χ2n) is 4.95. The number of carbonyl (C=O) groups is 2. The summed E-state index contributed by atoms with van der Waals surface area (Å²) in [7, 11) is 1.57. The molecule has 0 fully saturated rings. The molecule has 2 rings (SSSR count). The number of hydrogen-bond donors (Lipinski definition) is 3. The molecule has 0 heterocycles. The van der Waals surface area contributed by atoms with Gasteiger partial charge in [-0.3, -0.25) is 4.79 Å². The fourth-order valence-corrected chi connectivity index (χ4v) is 1.85. The third-order valence-corrected chi connectivity index (χ3v) is 3.09. The van der Waals surface area contributed by atoms with E-state index in [1.165, 1.54) is 0 Å². The Bertz CT molecular complexity index is 666. The molecule has 3 amide bonds. The summed E-state index contributed by atoms with van der Waals surface area (Å²) in [6.07, 6.45) is 0. The molecule has 0 aliphatic carbocycles. The minimum absolute atomic E-state index is 0.121. The lowest BCUT2D eigenvalue weighted by molar-refractivity contribution is -0.115. The van der Waals surface area contributed by atoms with Crippen LogP contribution >= 0.6 is 0 Å². The maximum absolute atomic E-state index is 11.8. The molecule has 2 aromatic carbocycles. The van der Waals surface area contributed by atoms with E-state index in [-0.39, 0.29) is 12.5 Å². The number of carbonyl (C=O) groups excluding carboxylic acids is 2. The molecular weight excluding hydrogens is 294 g/mol. The molecular formula is C17H19N3O3. The minimum Gasteiger partial charge on any atom is -0.497 e. The highest BCUT2D eigenvalue weighted by Crippen LogP contribution is 2.14. The molecule has 2 aromatic rings. The molecule has 0 atom stereocenters. The van der Waals surface area contributed by atoms with Crippen LogP contribution in [0.25, 0.3) is 0 Å². The van der Waals surface area contributed by atoms with Gasteiger partial charge in [0.1, 0.15) is 5.75 Å². The Balaban J connectivity index is 1.76. The normalized spacial score (nSPS) is 9.83. The predicted molar refractivity (Wildman–Crippen MR) is 89.8 cm³/mol. The van der Waals surface area contributed by atoms with Crippen LogP contribution in [0.5, 0.6) is 5.75 Å². The third-order valence-electron chi connectivity index (χ3n) is 3.09. The van der Waals surface area contributed by atoms with Crippen LogP contribution in [-0.4, -0.2) is 25.6 Å². The van der Waals surface area contributed by atoms with Crippen LogP contribution in [0, 0.1) is 6.92 Å². The molecule has 0 radical (unpaired) electrons. The van der Waals surface area contributed by atoms with Gasteiger partial charge in [0, 0.05) is 11.4 Å². The maximum Gasteiger partial charge on any atom is 0.319 e. The van der Waals surface area contributed by atoms with Gasteiger partial charge in [-0.05, 0) is 43.3 Å². The highest BCUT2D eigenvalue weighted by Gasteiger charge is 2.06. The Labute approximate surface area is 134 Å². The molecule has 6 heteroatoms. The van der Waals surface area contributed by atoms with E-state index in [1.54, 1.807) is 43.5 Å².